The molecule has 0 spiro atoms. The number of carbonyl (C=O) groups is 1. The van der Waals surface area contributed by atoms with Gasteiger partial charge in [0, 0.05) is 18.1 Å². The van der Waals surface area contributed by atoms with Crippen molar-refractivity contribution in [3.63, 3.8) is 0 Å². The summed E-state index contributed by atoms with van der Waals surface area (Å²) in [6.45, 7) is 7.77. The highest BCUT2D eigenvalue weighted by atomic mass is 16.4. The van der Waals surface area contributed by atoms with E-state index in [1.807, 2.05) is 6.07 Å². The van der Waals surface area contributed by atoms with Gasteiger partial charge >= 0.3 is 5.97 Å². The summed E-state index contributed by atoms with van der Waals surface area (Å²) in [7, 11) is 0. The number of nitrogens with zero attached hydrogens (tertiary/aromatic N) is 1. The number of aromatic carboxylic acids is 1. The Morgan fingerprint density at radius 1 is 1.36 bits per heavy atom. The Morgan fingerprint density at radius 3 is 2.64 bits per heavy atom. The first-order valence-corrected chi connectivity index (χ1v) is 8.08. The van der Waals surface area contributed by atoms with Crippen LogP contribution in [0.4, 0.5) is 0 Å². The molecule has 120 valence electrons. The number of nitrogens with two attached hydrogens (primary N) is 1. The lowest BCUT2D eigenvalue weighted by molar-refractivity contribution is 0.0698. The van der Waals surface area contributed by atoms with Crippen LogP contribution in [0.3, 0.4) is 0 Å². The van der Waals surface area contributed by atoms with E-state index < -0.39 is 5.97 Å². The Labute approximate surface area is 131 Å². The van der Waals surface area contributed by atoms with E-state index in [0.717, 1.165) is 42.3 Å². The van der Waals surface area contributed by atoms with Crippen molar-refractivity contribution in [1.29, 1.82) is 0 Å². The van der Waals surface area contributed by atoms with Crippen LogP contribution in [0.5, 0.6) is 0 Å². The van der Waals surface area contributed by atoms with E-state index in [-0.39, 0.29) is 0 Å². The maximum Gasteiger partial charge on any atom is 0.337 e. The van der Waals surface area contributed by atoms with Crippen LogP contribution in [-0.4, -0.2) is 22.2 Å². The lowest BCUT2D eigenvalue weighted by Crippen LogP contribution is -2.04. The molecule has 4 nitrogen and oxygen atoms in total. The van der Waals surface area contributed by atoms with Crippen LogP contribution in [0.1, 0.15) is 61.0 Å². The fourth-order valence-corrected chi connectivity index (χ4v) is 2.94. The molecular formula is C18H26N2O2. The van der Waals surface area contributed by atoms with Crippen molar-refractivity contribution in [3.8, 4) is 0 Å². The van der Waals surface area contributed by atoms with Crippen LogP contribution in [0, 0.1) is 0 Å². The molecule has 0 aliphatic rings. The van der Waals surface area contributed by atoms with Crippen molar-refractivity contribution in [2.75, 3.05) is 6.54 Å². The first kappa shape index (κ1) is 16.6. The molecule has 0 bridgehead atoms. The summed E-state index contributed by atoms with van der Waals surface area (Å²) in [4.78, 5) is 11.7. The third-order valence-corrected chi connectivity index (χ3v) is 4.09. The monoisotopic (exact) mass is 302 g/mol. The molecule has 0 aliphatic heterocycles. The molecule has 0 aliphatic carbocycles. The Balaban J connectivity index is 2.72. The number of hydrogen-bond acceptors (Lipinski definition) is 2. The van der Waals surface area contributed by atoms with Gasteiger partial charge in [0.05, 0.1) is 11.1 Å². The van der Waals surface area contributed by atoms with E-state index in [9.17, 15) is 9.90 Å². The third-order valence-electron chi connectivity index (χ3n) is 4.09. The van der Waals surface area contributed by atoms with Gasteiger partial charge < -0.3 is 15.4 Å². The average Bonchev–Trinajstić information content (AvgIpc) is 2.82. The van der Waals surface area contributed by atoms with Crippen LogP contribution >= 0.6 is 0 Å². The molecule has 0 amide bonds. The number of benzene rings is 1. The molecule has 0 fully saturated rings. The van der Waals surface area contributed by atoms with E-state index in [0.29, 0.717) is 18.0 Å². The maximum absolute atomic E-state index is 11.7. The molecule has 0 radical (unpaired) electrons. The molecule has 2 rings (SSSR count). The summed E-state index contributed by atoms with van der Waals surface area (Å²) >= 11 is 0. The Bertz CT molecular complexity index is 671. The van der Waals surface area contributed by atoms with E-state index in [1.54, 1.807) is 0 Å². The van der Waals surface area contributed by atoms with E-state index >= 15 is 0 Å². The molecule has 1 heterocycles. The van der Waals surface area contributed by atoms with Gasteiger partial charge in [-0.2, -0.15) is 0 Å². The average molecular weight is 302 g/mol. The first-order chi connectivity index (χ1) is 10.5. The largest absolute Gasteiger partial charge is 0.478 e. The van der Waals surface area contributed by atoms with Crippen molar-refractivity contribution >= 4 is 16.9 Å². The molecule has 1 aromatic carbocycles. The Morgan fingerprint density at radius 2 is 2.09 bits per heavy atom. The predicted molar refractivity (Wildman–Crippen MR) is 90.7 cm³/mol. The number of rotatable bonds is 7. The zero-order chi connectivity index (χ0) is 16.3. The Kier molecular flexibility index (Phi) is 5.24. The SMILES string of the molecule is CCCn1cc(CCCN)c2cc(C(C)C)cc(C(=O)O)c21. The molecule has 0 saturated heterocycles. The highest BCUT2D eigenvalue weighted by Crippen LogP contribution is 2.30. The van der Waals surface area contributed by atoms with E-state index in [1.165, 1.54) is 5.56 Å². The number of aromatic nitrogens is 1. The number of fused-ring (bicyclic) bond motifs is 1. The normalized spacial score (nSPS) is 11.5. The van der Waals surface area contributed by atoms with Crippen molar-refractivity contribution in [2.24, 2.45) is 5.73 Å². The summed E-state index contributed by atoms with van der Waals surface area (Å²) in [5, 5.41) is 10.7. The number of carboxylic acid groups (broad SMARTS) is 1. The van der Waals surface area contributed by atoms with Gasteiger partial charge in [0.1, 0.15) is 0 Å². The van der Waals surface area contributed by atoms with E-state index in [4.69, 9.17) is 5.73 Å². The van der Waals surface area contributed by atoms with Gasteiger partial charge in [0.15, 0.2) is 0 Å². The maximum atomic E-state index is 11.7. The van der Waals surface area contributed by atoms with Gasteiger partial charge in [0.2, 0.25) is 0 Å². The lowest BCUT2D eigenvalue weighted by Gasteiger charge is -2.11. The van der Waals surface area contributed by atoms with Gasteiger partial charge in [0.25, 0.3) is 0 Å². The topological polar surface area (TPSA) is 68.2 Å². The Hall–Kier alpha value is -1.81. The zero-order valence-corrected chi connectivity index (χ0v) is 13.7. The lowest BCUT2D eigenvalue weighted by atomic mass is 9.96. The minimum Gasteiger partial charge on any atom is -0.478 e. The molecule has 22 heavy (non-hydrogen) atoms. The van der Waals surface area contributed by atoms with Gasteiger partial charge in [-0.1, -0.05) is 20.8 Å². The summed E-state index contributed by atoms with van der Waals surface area (Å²) in [6.07, 6.45) is 4.90. The minimum absolute atomic E-state index is 0.305. The quantitative estimate of drug-likeness (QED) is 0.818. The highest BCUT2D eigenvalue weighted by molar-refractivity contribution is 6.04. The van der Waals surface area contributed by atoms with Crippen molar-refractivity contribution in [2.45, 2.75) is 52.5 Å². The fourth-order valence-electron chi connectivity index (χ4n) is 2.94. The van der Waals surface area contributed by atoms with Gasteiger partial charge in [-0.25, -0.2) is 4.79 Å². The number of hydrogen-bond donors (Lipinski definition) is 2. The van der Waals surface area contributed by atoms with Gasteiger partial charge in [-0.3, -0.25) is 0 Å². The zero-order valence-electron chi connectivity index (χ0n) is 13.7. The second-order valence-corrected chi connectivity index (χ2v) is 6.16. The van der Waals surface area contributed by atoms with Crippen molar-refractivity contribution in [1.82, 2.24) is 4.57 Å². The molecular weight excluding hydrogens is 276 g/mol. The first-order valence-electron chi connectivity index (χ1n) is 8.08. The predicted octanol–water partition coefficient (Wildman–Crippen LogP) is 3.76. The summed E-state index contributed by atoms with van der Waals surface area (Å²) in [6, 6.07) is 3.98. The fraction of sp³-hybridized carbons (Fsp3) is 0.500. The van der Waals surface area contributed by atoms with Crippen LogP contribution in [0.25, 0.3) is 10.9 Å². The molecule has 3 N–H and O–H groups in total. The smallest absolute Gasteiger partial charge is 0.337 e. The van der Waals surface area contributed by atoms with Crippen molar-refractivity contribution in [3.05, 3.63) is 35.0 Å². The standard InChI is InChI=1S/C18H26N2O2/c1-4-8-20-11-13(6-5-7-19)15-9-14(12(2)3)10-16(17(15)20)18(21)22/h9-12H,4-8,19H2,1-3H3,(H,21,22). The number of aryl methyl sites for hydroxylation is 2. The second-order valence-electron chi connectivity index (χ2n) is 6.16. The minimum atomic E-state index is -0.853. The molecule has 1 aromatic heterocycles. The summed E-state index contributed by atoms with van der Waals surface area (Å²) in [5.41, 5.74) is 9.19. The summed E-state index contributed by atoms with van der Waals surface area (Å²) in [5.74, 6) is -0.548. The molecule has 4 heteroatoms. The summed E-state index contributed by atoms with van der Waals surface area (Å²) < 4.78 is 2.09. The van der Waals surface area contributed by atoms with Crippen LogP contribution in [0.15, 0.2) is 18.3 Å². The van der Waals surface area contributed by atoms with Gasteiger partial charge in [-0.15, -0.1) is 0 Å². The van der Waals surface area contributed by atoms with Crippen LogP contribution < -0.4 is 5.73 Å². The number of carboxylic acids is 1. The van der Waals surface area contributed by atoms with Gasteiger partial charge in [-0.05, 0) is 55.0 Å². The molecule has 2 aromatic rings. The van der Waals surface area contributed by atoms with Crippen LogP contribution in [0.2, 0.25) is 0 Å². The highest BCUT2D eigenvalue weighted by Gasteiger charge is 2.18. The van der Waals surface area contributed by atoms with Crippen molar-refractivity contribution < 1.29 is 9.90 Å². The molecule has 0 atom stereocenters. The van der Waals surface area contributed by atoms with Crippen LogP contribution in [-0.2, 0) is 13.0 Å². The second kappa shape index (κ2) is 6.97. The van der Waals surface area contributed by atoms with E-state index in [2.05, 4.69) is 37.6 Å². The third kappa shape index (κ3) is 3.17. The molecule has 0 saturated carbocycles. The molecule has 0 unspecified atom stereocenters.